The van der Waals surface area contributed by atoms with Crippen molar-refractivity contribution in [1.82, 2.24) is 0 Å². The molecule has 3 aromatic carbocycles. The second-order valence-electron chi connectivity index (χ2n) is 6.09. The molecule has 8 heteroatoms. The molecule has 0 fully saturated rings. The summed E-state index contributed by atoms with van der Waals surface area (Å²) in [6, 6.07) is 12.7. The van der Waals surface area contributed by atoms with E-state index in [-0.39, 0.29) is 21.8 Å². The molecule has 0 unspecified atom stereocenters. The smallest absolute Gasteiger partial charge is 0.221 e. The van der Waals surface area contributed by atoms with E-state index in [0.29, 0.717) is 16.5 Å². The number of nitrogens with two attached hydrogens (primary N) is 1. The second-order valence-corrected chi connectivity index (χ2v) is 8.30. The Morgan fingerprint density at radius 3 is 2.56 bits per heavy atom. The van der Waals surface area contributed by atoms with Crippen molar-refractivity contribution in [3.63, 3.8) is 0 Å². The summed E-state index contributed by atoms with van der Waals surface area (Å²) in [5, 5.41) is 11.6. The summed E-state index contributed by atoms with van der Waals surface area (Å²) < 4.78 is 31.7. The van der Waals surface area contributed by atoms with Crippen LogP contribution in [0.5, 0.6) is 11.5 Å². The van der Waals surface area contributed by atoms with E-state index in [4.69, 9.17) is 9.56 Å². The number of benzene rings is 3. The largest absolute Gasteiger partial charge is 0.506 e. The summed E-state index contributed by atoms with van der Waals surface area (Å²) in [5.74, 6) is -0.809. The Hall–Kier alpha value is -2.58. The summed E-state index contributed by atoms with van der Waals surface area (Å²) in [4.78, 5) is 11.0. The Balaban J connectivity index is 2.35. The van der Waals surface area contributed by atoms with Gasteiger partial charge in [-0.2, -0.15) is 0 Å². The molecule has 3 aromatic rings. The third-order valence-corrected chi connectivity index (χ3v) is 6.41. The topological polar surface area (TPSA) is 107 Å². The number of hydrogen-bond donors (Lipinski definition) is 2. The number of halogens is 1. The van der Waals surface area contributed by atoms with E-state index >= 15 is 0 Å². The second kappa shape index (κ2) is 7.21. The highest BCUT2D eigenvalue weighted by molar-refractivity contribution is 9.06. The van der Waals surface area contributed by atoms with E-state index in [1.807, 2.05) is 0 Å². The molecule has 6 nitrogen and oxygen atoms in total. The van der Waals surface area contributed by atoms with Crippen molar-refractivity contribution in [1.29, 1.82) is 0 Å². The van der Waals surface area contributed by atoms with Gasteiger partial charge in [0, 0.05) is 17.0 Å². The normalized spacial score (nSPS) is 11.5. The van der Waals surface area contributed by atoms with Crippen molar-refractivity contribution in [3.8, 4) is 11.5 Å². The van der Waals surface area contributed by atoms with Gasteiger partial charge in [0.05, 0.1) is 11.3 Å². The number of fused-ring (bicyclic) bond motifs is 1. The zero-order chi connectivity index (χ0) is 19.8. The van der Waals surface area contributed by atoms with E-state index < -0.39 is 21.5 Å². The zero-order valence-electron chi connectivity index (χ0n) is 14.3. The van der Waals surface area contributed by atoms with Gasteiger partial charge in [0.1, 0.15) is 16.4 Å². The number of carbonyl (C=O) groups excluding carboxylic acids is 1. The number of primary amides is 1. The molecule has 140 valence electrons. The first-order valence-electron chi connectivity index (χ1n) is 7.92. The predicted octanol–water partition coefficient (Wildman–Crippen LogP) is 3.40. The van der Waals surface area contributed by atoms with Crippen molar-refractivity contribution in [2.24, 2.45) is 5.73 Å². The Bertz CT molecular complexity index is 1160. The van der Waals surface area contributed by atoms with Crippen LogP contribution in [-0.2, 0) is 21.1 Å². The van der Waals surface area contributed by atoms with Crippen LogP contribution in [0.1, 0.15) is 11.1 Å². The van der Waals surface area contributed by atoms with Gasteiger partial charge in [0.15, 0.2) is 16.3 Å². The lowest BCUT2D eigenvalue weighted by Crippen LogP contribution is -2.14. The fourth-order valence-electron chi connectivity index (χ4n) is 2.90. The van der Waals surface area contributed by atoms with E-state index in [1.54, 1.807) is 43.3 Å². The molecule has 1 amide bonds. The van der Waals surface area contributed by atoms with Crippen LogP contribution in [0.2, 0.25) is 0 Å². The molecular weight excluding hydrogens is 434 g/mol. The Kier molecular flexibility index (Phi) is 5.12. The summed E-state index contributed by atoms with van der Waals surface area (Å²) in [6.07, 6.45) is -0.275. The molecule has 0 atom stereocenters. The van der Waals surface area contributed by atoms with E-state index in [9.17, 15) is 18.3 Å². The van der Waals surface area contributed by atoms with Gasteiger partial charge in [-0.25, -0.2) is 8.42 Å². The van der Waals surface area contributed by atoms with Crippen molar-refractivity contribution in [3.05, 3.63) is 59.7 Å². The van der Waals surface area contributed by atoms with E-state index in [0.717, 1.165) is 5.56 Å². The molecule has 0 saturated carbocycles. The number of rotatable bonds is 5. The highest BCUT2D eigenvalue weighted by Crippen LogP contribution is 2.39. The number of hydrogen-bond acceptors (Lipinski definition) is 5. The number of aryl methyl sites for hydroxylation is 1. The lowest BCUT2D eigenvalue weighted by molar-refractivity contribution is -0.117. The zero-order valence-corrected chi connectivity index (χ0v) is 16.7. The summed E-state index contributed by atoms with van der Waals surface area (Å²) in [6.45, 7) is 1.77. The third-order valence-electron chi connectivity index (χ3n) is 4.24. The number of amides is 1. The van der Waals surface area contributed by atoms with Crippen LogP contribution in [0.4, 0.5) is 0 Å². The van der Waals surface area contributed by atoms with Gasteiger partial charge < -0.3 is 14.7 Å². The average molecular weight is 450 g/mol. The van der Waals surface area contributed by atoms with Gasteiger partial charge in [-0.3, -0.25) is 4.79 Å². The minimum atomic E-state index is -4.11. The standard InChI is InChI=1S/C19H16BrNO5S/c1-11-6-7-14(10-16(11)26-20)27(24,25)19-15-5-3-2-4-12(15)8-13(18(19)23)9-17(21)22/h2-8,10,23H,9H2,1H3,(H2,21,22). The number of aromatic hydroxyl groups is 1. The summed E-state index contributed by atoms with van der Waals surface area (Å²) in [7, 11) is -4.11. The monoisotopic (exact) mass is 449 g/mol. The first kappa shape index (κ1) is 19.2. The van der Waals surface area contributed by atoms with Crippen molar-refractivity contribution in [2.45, 2.75) is 23.1 Å². The molecule has 3 N–H and O–H groups in total. The van der Waals surface area contributed by atoms with Gasteiger partial charge in [-0.05, 0) is 30.0 Å². The van der Waals surface area contributed by atoms with Gasteiger partial charge >= 0.3 is 0 Å². The average Bonchev–Trinajstić information content (AvgIpc) is 2.62. The Labute approximate surface area is 164 Å². The number of carbonyl (C=O) groups is 1. The molecule has 3 rings (SSSR count). The van der Waals surface area contributed by atoms with Gasteiger partial charge in [0.2, 0.25) is 15.7 Å². The number of phenols is 1. The lowest BCUT2D eigenvalue weighted by Gasteiger charge is -2.14. The molecule has 0 spiro atoms. The van der Waals surface area contributed by atoms with Crippen LogP contribution in [0, 0.1) is 6.92 Å². The molecule has 0 heterocycles. The minimum absolute atomic E-state index is 0.0424. The van der Waals surface area contributed by atoms with Gasteiger partial charge in [-0.1, -0.05) is 30.3 Å². The van der Waals surface area contributed by atoms with Gasteiger partial charge in [0.25, 0.3) is 0 Å². The van der Waals surface area contributed by atoms with Crippen LogP contribution < -0.4 is 9.56 Å². The van der Waals surface area contributed by atoms with E-state index in [1.165, 1.54) is 12.1 Å². The lowest BCUT2D eigenvalue weighted by atomic mass is 10.0. The van der Waals surface area contributed by atoms with Crippen LogP contribution >= 0.6 is 16.3 Å². The van der Waals surface area contributed by atoms with Crippen molar-refractivity contribution < 1.29 is 22.1 Å². The Morgan fingerprint density at radius 2 is 1.89 bits per heavy atom. The van der Waals surface area contributed by atoms with E-state index in [2.05, 4.69) is 16.3 Å². The highest BCUT2D eigenvalue weighted by atomic mass is 79.9. The SMILES string of the molecule is Cc1ccc(S(=O)(=O)c2c(O)c(CC(N)=O)cc3ccccc23)cc1OBr. The predicted molar refractivity (Wildman–Crippen MR) is 105 cm³/mol. The molecule has 0 aliphatic heterocycles. The number of phenolic OH excluding ortho intramolecular Hbond substituents is 1. The molecule has 0 aromatic heterocycles. The van der Waals surface area contributed by atoms with Crippen LogP contribution in [-0.4, -0.2) is 19.4 Å². The third kappa shape index (κ3) is 3.50. The van der Waals surface area contributed by atoms with Crippen molar-refractivity contribution in [2.75, 3.05) is 0 Å². The molecule has 0 radical (unpaired) electrons. The molecular formula is C19H16BrNO5S. The quantitative estimate of drug-likeness (QED) is 0.620. The van der Waals surface area contributed by atoms with Crippen LogP contribution in [0.3, 0.4) is 0 Å². The van der Waals surface area contributed by atoms with Crippen molar-refractivity contribution >= 4 is 42.8 Å². The molecule has 0 aliphatic carbocycles. The molecule has 27 heavy (non-hydrogen) atoms. The first-order valence-corrected chi connectivity index (χ1v) is 10.0. The van der Waals surface area contributed by atoms with Gasteiger partial charge in [-0.15, -0.1) is 0 Å². The maximum atomic E-state index is 13.3. The molecule has 0 aliphatic rings. The molecule has 0 bridgehead atoms. The summed E-state index contributed by atoms with van der Waals surface area (Å²) in [5.41, 5.74) is 6.14. The number of sulfone groups is 1. The minimum Gasteiger partial charge on any atom is -0.506 e. The summed E-state index contributed by atoms with van der Waals surface area (Å²) >= 11 is 2.86. The maximum Gasteiger partial charge on any atom is 0.221 e. The fraction of sp³-hybridized carbons (Fsp3) is 0.105. The maximum absolute atomic E-state index is 13.3. The van der Waals surface area contributed by atoms with Crippen LogP contribution in [0.15, 0.2) is 58.3 Å². The molecule has 0 saturated heterocycles. The fourth-order valence-corrected chi connectivity index (χ4v) is 4.86. The Morgan fingerprint density at radius 1 is 1.19 bits per heavy atom. The first-order chi connectivity index (χ1) is 12.8. The van der Waals surface area contributed by atoms with Crippen LogP contribution in [0.25, 0.3) is 10.8 Å². The highest BCUT2D eigenvalue weighted by Gasteiger charge is 2.27.